The van der Waals surface area contributed by atoms with E-state index in [-0.39, 0.29) is 37.3 Å². The number of thioether (sulfide) groups is 1. The van der Waals surface area contributed by atoms with Crippen LogP contribution in [0.2, 0.25) is 0 Å². The zero-order chi connectivity index (χ0) is 17.2. The lowest BCUT2D eigenvalue weighted by Crippen LogP contribution is -2.48. The van der Waals surface area contributed by atoms with Gasteiger partial charge in [0.2, 0.25) is 0 Å². The Hall–Kier alpha value is -1.58. The highest BCUT2D eigenvalue weighted by Crippen LogP contribution is 2.32. The van der Waals surface area contributed by atoms with Gasteiger partial charge in [0.25, 0.3) is 5.91 Å². The van der Waals surface area contributed by atoms with Crippen LogP contribution in [-0.4, -0.2) is 75.3 Å². The third-order valence-electron chi connectivity index (χ3n) is 4.44. The molecule has 10 heteroatoms. The summed E-state index contributed by atoms with van der Waals surface area (Å²) < 4.78 is 0. The summed E-state index contributed by atoms with van der Waals surface area (Å²) in [5, 5.41) is 10.8. The van der Waals surface area contributed by atoms with E-state index >= 15 is 0 Å². The molecule has 1 amide bonds. The second-order valence-electron chi connectivity index (χ2n) is 6.01. The molecule has 0 saturated carbocycles. The number of halogens is 2. The number of amides is 1. The number of β-amino-alcohol motifs (C(OH)–C–C–N with tert-alkyl or cyclic N) is 1. The maximum Gasteiger partial charge on any atom is 0.286 e. The maximum absolute atomic E-state index is 12.3. The Morgan fingerprint density at radius 2 is 2.04 bits per heavy atom. The van der Waals surface area contributed by atoms with Gasteiger partial charge in [0, 0.05) is 56.1 Å². The Kier molecular flexibility index (Phi) is 7.69. The van der Waals surface area contributed by atoms with E-state index in [4.69, 9.17) is 5.11 Å². The van der Waals surface area contributed by atoms with Crippen LogP contribution in [0.25, 0.3) is 17.1 Å². The summed E-state index contributed by atoms with van der Waals surface area (Å²) in [6.07, 6.45) is 5.49. The van der Waals surface area contributed by atoms with Crippen LogP contribution in [0.3, 0.4) is 0 Å². The molecule has 2 N–H and O–H groups in total. The standard InChI is InChI=1S/C17H19N5O2S.2ClH/c23-9-8-21-4-6-22(7-5-21)17-20-16(24)14(25-17)10-12-11-19-15-13(12)2-1-3-18-15;;/h1-3,10-11,23H,4-9H2,(H,18,19);2*1H. The molecule has 0 atom stereocenters. The highest BCUT2D eigenvalue weighted by molar-refractivity contribution is 8.18. The Morgan fingerprint density at radius 1 is 1.26 bits per heavy atom. The number of fused-ring (bicyclic) bond motifs is 1. The van der Waals surface area contributed by atoms with Crippen LogP contribution in [0.5, 0.6) is 0 Å². The second kappa shape index (κ2) is 9.57. The average Bonchev–Trinajstić information content (AvgIpc) is 3.21. The lowest BCUT2D eigenvalue weighted by molar-refractivity contribution is -0.113. The number of aliphatic imine (C=N–C) groups is 1. The van der Waals surface area contributed by atoms with Gasteiger partial charge in [-0.05, 0) is 30.0 Å². The molecule has 2 aromatic rings. The van der Waals surface area contributed by atoms with Crippen LogP contribution >= 0.6 is 36.6 Å². The van der Waals surface area contributed by atoms with Gasteiger partial charge in [-0.2, -0.15) is 4.99 Å². The minimum Gasteiger partial charge on any atom is -0.395 e. The fourth-order valence-corrected chi connectivity index (χ4v) is 4.03. The van der Waals surface area contributed by atoms with E-state index in [2.05, 4.69) is 24.8 Å². The molecule has 2 aliphatic rings. The first kappa shape index (κ1) is 21.7. The molecule has 27 heavy (non-hydrogen) atoms. The third-order valence-corrected chi connectivity index (χ3v) is 5.48. The molecular formula is C17H21Cl2N5O2S. The van der Waals surface area contributed by atoms with E-state index in [0.717, 1.165) is 47.9 Å². The van der Waals surface area contributed by atoms with Crippen molar-refractivity contribution in [2.75, 3.05) is 39.3 Å². The molecule has 7 nitrogen and oxygen atoms in total. The summed E-state index contributed by atoms with van der Waals surface area (Å²) in [7, 11) is 0. The molecule has 0 unspecified atom stereocenters. The number of nitrogens with zero attached hydrogens (tertiary/aromatic N) is 4. The molecule has 0 radical (unpaired) electrons. The largest absolute Gasteiger partial charge is 0.395 e. The van der Waals surface area contributed by atoms with Crippen LogP contribution in [0.1, 0.15) is 5.56 Å². The van der Waals surface area contributed by atoms with Crippen molar-refractivity contribution in [3.8, 4) is 0 Å². The summed E-state index contributed by atoms with van der Waals surface area (Å²) in [5.74, 6) is -0.184. The minimum absolute atomic E-state index is 0. The summed E-state index contributed by atoms with van der Waals surface area (Å²) >= 11 is 1.43. The molecule has 2 aliphatic heterocycles. The van der Waals surface area contributed by atoms with Crippen LogP contribution in [-0.2, 0) is 4.79 Å². The smallest absolute Gasteiger partial charge is 0.286 e. The first-order valence-electron chi connectivity index (χ1n) is 8.27. The summed E-state index contributed by atoms with van der Waals surface area (Å²) in [5.41, 5.74) is 1.76. The number of carbonyl (C=O) groups excluding carboxylic acids is 1. The van der Waals surface area contributed by atoms with E-state index in [0.29, 0.717) is 11.4 Å². The molecule has 4 heterocycles. The van der Waals surface area contributed by atoms with Gasteiger partial charge in [-0.25, -0.2) is 4.98 Å². The zero-order valence-corrected chi connectivity index (χ0v) is 16.9. The first-order chi connectivity index (χ1) is 12.2. The number of piperazine rings is 1. The van der Waals surface area contributed by atoms with Gasteiger partial charge in [-0.1, -0.05) is 0 Å². The molecule has 2 aromatic heterocycles. The van der Waals surface area contributed by atoms with Gasteiger partial charge in [0.05, 0.1) is 11.5 Å². The molecular weight excluding hydrogens is 409 g/mol. The number of rotatable bonds is 3. The highest BCUT2D eigenvalue weighted by Gasteiger charge is 2.28. The topological polar surface area (TPSA) is 84.8 Å². The maximum atomic E-state index is 12.3. The molecule has 0 bridgehead atoms. The number of nitrogens with one attached hydrogen (secondary N) is 1. The number of amidine groups is 1. The fraction of sp³-hybridized carbons (Fsp3) is 0.353. The molecule has 146 valence electrons. The Bertz CT molecular complexity index is 862. The van der Waals surface area contributed by atoms with Crippen molar-refractivity contribution in [1.29, 1.82) is 0 Å². The van der Waals surface area contributed by atoms with Crippen molar-refractivity contribution < 1.29 is 9.90 Å². The van der Waals surface area contributed by atoms with Crippen molar-refractivity contribution in [2.24, 2.45) is 4.99 Å². The molecule has 0 spiro atoms. The number of carbonyl (C=O) groups is 1. The number of aromatic nitrogens is 2. The Morgan fingerprint density at radius 3 is 2.78 bits per heavy atom. The lowest BCUT2D eigenvalue weighted by atomic mass is 10.2. The molecule has 0 aliphatic carbocycles. The number of H-pyrrole nitrogens is 1. The first-order valence-corrected chi connectivity index (χ1v) is 9.09. The highest BCUT2D eigenvalue weighted by atomic mass is 35.5. The zero-order valence-electron chi connectivity index (χ0n) is 14.5. The van der Waals surface area contributed by atoms with Crippen molar-refractivity contribution in [1.82, 2.24) is 19.8 Å². The predicted molar refractivity (Wildman–Crippen MR) is 114 cm³/mol. The van der Waals surface area contributed by atoms with Crippen molar-refractivity contribution in [3.63, 3.8) is 0 Å². The van der Waals surface area contributed by atoms with E-state index in [1.54, 1.807) is 6.20 Å². The molecule has 1 fully saturated rings. The van der Waals surface area contributed by atoms with E-state index in [1.807, 2.05) is 24.4 Å². The van der Waals surface area contributed by atoms with Gasteiger partial charge < -0.3 is 15.0 Å². The van der Waals surface area contributed by atoms with Crippen molar-refractivity contribution in [2.45, 2.75) is 0 Å². The normalized spacial score (nSPS) is 19.1. The van der Waals surface area contributed by atoms with Crippen molar-refractivity contribution in [3.05, 3.63) is 35.0 Å². The second-order valence-corrected chi connectivity index (χ2v) is 7.02. The summed E-state index contributed by atoms with van der Waals surface area (Å²) in [6.45, 7) is 4.28. The Labute approximate surface area is 173 Å². The van der Waals surface area contributed by atoms with Crippen LogP contribution in [0.15, 0.2) is 34.4 Å². The quantitative estimate of drug-likeness (QED) is 0.725. The number of pyridine rings is 1. The van der Waals surface area contributed by atoms with Crippen LogP contribution in [0.4, 0.5) is 0 Å². The van der Waals surface area contributed by atoms with Gasteiger partial charge in [-0.15, -0.1) is 24.8 Å². The minimum atomic E-state index is -0.184. The SMILES string of the molecule is Cl.Cl.O=C1N=C(N2CCN(CCO)CC2)SC1=Cc1c[nH]c2ncccc12. The van der Waals surface area contributed by atoms with Gasteiger partial charge in [0.1, 0.15) is 5.65 Å². The number of aliphatic hydroxyl groups excluding tert-OH is 1. The average molecular weight is 430 g/mol. The number of hydrogen-bond acceptors (Lipinski definition) is 6. The lowest BCUT2D eigenvalue weighted by Gasteiger charge is -2.34. The van der Waals surface area contributed by atoms with E-state index in [1.165, 1.54) is 11.8 Å². The molecule has 1 saturated heterocycles. The monoisotopic (exact) mass is 429 g/mol. The van der Waals surface area contributed by atoms with E-state index in [9.17, 15) is 4.79 Å². The van der Waals surface area contributed by atoms with Crippen LogP contribution < -0.4 is 0 Å². The van der Waals surface area contributed by atoms with Gasteiger partial charge in [0.15, 0.2) is 5.17 Å². The predicted octanol–water partition coefficient (Wildman–Crippen LogP) is 1.99. The van der Waals surface area contributed by atoms with Crippen LogP contribution in [0, 0.1) is 0 Å². The summed E-state index contributed by atoms with van der Waals surface area (Å²) in [4.78, 5) is 28.9. The van der Waals surface area contributed by atoms with Gasteiger partial charge in [-0.3, -0.25) is 9.69 Å². The number of hydrogen-bond donors (Lipinski definition) is 2. The summed E-state index contributed by atoms with van der Waals surface area (Å²) in [6, 6.07) is 3.87. The number of aliphatic hydroxyl groups is 1. The molecule has 4 rings (SSSR count). The van der Waals surface area contributed by atoms with E-state index < -0.39 is 0 Å². The van der Waals surface area contributed by atoms with Gasteiger partial charge >= 0.3 is 0 Å². The third kappa shape index (κ3) is 4.64. The van der Waals surface area contributed by atoms with Crippen molar-refractivity contribution >= 4 is 64.8 Å². The number of aromatic amines is 1. The molecule has 0 aromatic carbocycles. The Balaban J connectivity index is 0.00000131. The fourth-order valence-electron chi connectivity index (χ4n) is 3.08.